The molecule has 1 aromatic heterocycles. The highest BCUT2D eigenvalue weighted by atomic mass is 32.1. The van der Waals surface area contributed by atoms with Crippen LogP contribution in [0, 0.1) is 6.92 Å². The highest BCUT2D eigenvalue weighted by molar-refractivity contribution is 7.14. The van der Waals surface area contributed by atoms with Crippen molar-refractivity contribution in [1.82, 2.24) is 0 Å². The Hall–Kier alpha value is -3.16. The molecule has 0 spiro atoms. The van der Waals surface area contributed by atoms with Gasteiger partial charge in [0.05, 0.1) is 23.5 Å². The molecule has 0 saturated carbocycles. The number of thiophene rings is 1. The molecule has 0 radical (unpaired) electrons. The lowest BCUT2D eigenvalue weighted by molar-refractivity contribution is -0.136. The number of nitrogens with zero attached hydrogens (tertiary/aromatic N) is 1. The van der Waals surface area contributed by atoms with Gasteiger partial charge in [0.15, 0.2) is 22.9 Å². The molecule has 5 rings (SSSR count). The highest BCUT2D eigenvalue weighted by Crippen LogP contribution is 2.44. The van der Waals surface area contributed by atoms with Gasteiger partial charge in [-0.25, -0.2) is 0 Å². The van der Waals surface area contributed by atoms with E-state index in [0.717, 1.165) is 10.4 Å². The van der Waals surface area contributed by atoms with E-state index >= 15 is 0 Å². The number of anilines is 1. The lowest BCUT2D eigenvalue weighted by Gasteiger charge is -2.22. The van der Waals surface area contributed by atoms with Gasteiger partial charge in [-0.1, -0.05) is 24.3 Å². The lowest BCUT2D eigenvalue weighted by atomic mass is 9.89. The van der Waals surface area contributed by atoms with Crippen LogP contribution in [0.25, 0.3) is 0 Å². The van der Waals surface area contributed by atoms with Gasteiger partial charge in [0, 0.05) is 10.4 Å². The Morgan fingerprint density at radius 2 is 1.93 bits per heavy atom. The zero-order chi connectivity index (χ0) is 20.9. The standard InChI is InChI=1S/C23H19NO5S/c1-14-6-9-21(30-14)18(25)11-23(27)16-4-2-3-5-17(16)24(22(23)26)12-15-7-8-19-20(10-15)29-13-28-19/h2-10,27H,11-13H2,1H3. The minimum absolute atomic E-state index is 0.175. The van der Waals surface area contributed by atoms with Crippen molar-refractivity contribution in [2.45, 2.75) is 25.5 Å². The van der Waals surface area contributed by atoms with Crippen molar-refractivity contribution in [1.29, 1.82) is 0 Å². The number of rotatable bonds is 5. The fourth-order valence-corrected chi connectivity index (χ4v) is 4.77. The van der Waals surface area contributed by atoms with E-state index in [0.29, 0.717) is 27.6 Å². The van der Waals surface area contributed by atoms with Crippen LogP contribution in [-0.2, 0) is 16.9 Å². The van der Waals surface area contributed by atoms with Crippen LogP contribution in [0.4, 0.5) is 5.69 Å². The number of carbonyl (C=O) groups excluding carboxylic acids is 2. The third kappa shape index (κ3) is 2.98. The second-order valence-corrected chi connectivity index (χ2v) is 8.75. The van der Waals surface area contributed by atoms with Gasteiger partial charge >= 0.3 is 0 Å². The number of aryl methyl sites for hydroxylation is 1. The first kappa shape index (κ1) is 18.8. The van der Waals surface area contributed by atoms with E-state index in [1.165, 1.54) is 16.2 Å². The smallest absolute Gasteiger partial charge is 0.264 e. The molecule has 1 amide bonds. The summed E-state index contributed by atoms with van der Waals surface area (Å²) < 4.78 is 10.8. The molecule has 0 bridgehead atoms. The molecule has 1 N–H and O–H groups in total. The number of benzene rings is 2. The lowest BCUT2D eigenvalue weighted by Crippen LogP contribution is -2.41. The molecule has 30 heavy (non-hydrogen) atoms. The summed E-state index contributed by atoms with van der Waals surface area (Å²) >= 11 is 1.36. The van der Waals surface area contributed by atoms with Crippen LogP contribution in [0.5, 0.6) is 11.5 Å². The molecule has 6 nitrogen and oxygen atoms in total. The molecule has 1 atom stereocenters. The van der Waals surface area contributed by atoms with Crippen molar-refractivity contribution in [3.63, 3.8) is 0 Å². The van der Waals surface area contributed by atoms with Gasteiger partial charge < -0.3 is 19.5 Å². The predicted octanol–water partition coefficient (Wildman–Crippen LogP) is 3.79. The summed E-state index contributed by atoms with van der Waals surface area (Å²) in [5.41, 5.74) is 0.0177. The zero-order valence-electron chi connectivity index (χ0n) is 16.3. The molecule has 2 aromatic carbocycles. The summed E-state index contributed by atoms with van der Waals surface area (Å²) in [5.74, 6) is 0.554. The molecular weight excluding hydrogens is 402 g/mol. The quantitative estimate of drug-likeness (QED) is 0.635. The Balaban J connectivity index is 1.47. The van der Waals surface area contributed by atoms with Gasteiger partial charge in [-0.2, -0.15) is 0 Å². The van der Waals surface area contributed by atoms with Crippen molar-refractivity contribution in [2.75, 3.05) is 11.7 Å². The van der Waals surface area contributed by atoms with Crippen molar-refractivity contribution in [3.8, 4) is 11.5 Å². The zero-order valence-corrected chi connectivity index (χ0v) is 17.1. The minimum Gasteiger partial charge on any atom is -0.454 e. The topological polar surface area (TPSA) is 76.1 Å². The van der Waals surface area contributed by atoms with Crippen LogP contribution in [0.3, 0.4) is 0 Å². The third-order valence-corrected chi connectivity index (χ3v) is 6.49. The van der Waals surface area contributed by atoms with Crippen LogP contribution in [0.1, 0.15) is 32.1 Å². The molecule has 7 heteroatoms. The first-order valence-corrected chi connectivity index (χ1v) is 10.4. The molecule has 2 aliphatic rings. The summed E-state index contributed by atoms with van der Waals surface area (Å²) in [4.78, 5) is 29.3. The first-order chi connectivity index (χ1) is 14.5. The van der Waals surface area contributed by atoms with E-state index in [9.17, 15) is 14.7 Å². The van der Waals surface area contributed by atoms with Crippen LogP contribution < -0.4 is 14.4 Å². The summed E-state index contributed by atoms with van der Waals surface area (Å²) in [6.07, 6.45) is -0.291. The number of aliphatic hydroxyl groups is 1. The van der Waals surface area contributed by atoms with Gasteiger partial charge in [-0.15, -0.1) is 11.3 Å². The SMILES string of the molecule is Cc1ccc(C(=O)CC2(O)C(=O)N(Cc3ccc4c(c3)OCO4)c3ccccc32)s1. The Morgan fingerprint density at radius 1 is 1.13 bits per heavy atom. The fourth-order valence-electron chi connectivity index (χ4n) is 3.96. The van der Waals surface area contributed by atoms with Gasteiger partial charge in [-0.05, 0) is 42.8 Å². The number of ether oxygens (including phenoxy) is 2. The maximum absolute atomic E-state index is 13.4. The van der Waals surface area contributed by atoms with E-state index < -0.39 is 11.5 Å². The minimum atomic E-state index is -1.89. The van der Waals surface area contributed by atoms with Crippen molar-refractivity contribution in [2.24, 2.45) is 0 Å². The molecule has 2 aliphatic heterocycles. The van der Waals surface area contributed by atoms with Gasteiger partial charge in [0.25, 0.3) is 5.91 Å². The number of para-hydroxylation sites is 1. The second-order valence-electron chi connectivity index (χ2n) is 7.47. The van der Waals surface area contributed by atoms with Crippen LogP contribution in [0.15, 0.2) is 54.6 Å². The van der Waals surface area contributed by atoms with Crippen LogP contribution in [-0.4, -0.2) is 23.6 Å². The van der Waals surface area contributed by atoms with Gasteiger partial charge in [0.1, 0.15) is 0 Å². The average molecular weight is 421 g/mol. The average Bonchev–Trinajstić information content (AvgIpc) is 3.43. The number of fused-ring (bicyclic) bond motifs is 2. The normalized spacial score (nSPS) is 19.3. The number of Topliss-reactive ketones (excluding diaryl/α,β-unsaturated/α-hetero) is 1. The monoisotopic (exact) mass is 421 g/mol. The summed E-state index contributed by atoms with van der Waals surface area (Å²) in [6.45, 7) is 2.34. The van der Waals surface area contributed by atoms with E-state index in [1.54, 1.807) is 30.3 Å². The maximum atomic E-state index is 13.4. The van der Waals surface area contributed by atoms with Crippen molar-refractivity contribution in [3.05, 3.63) is 75.5 Å². The Labute approximate surface area is 177 Å². The van der Waals surface area contributed by atoms with Gasteiger partial charge in [-0.3, -0.25) is 9.59 Å². The van der Waals surface area contributed by atoms with Crippen LogP contribution in [0.2, 0.25) is 0 Å². The summed E-state index contributed by atoms with van der Waals surface area (Å²) in [6, 6.07) is 16.2. The van der Waals surface area contributed by atoms with Gasteiger partial charge in [0.2, 0.25) is 6.79 Å². The number of ketones is 1. The Kier molecular flexibility index (Phi) is 4.38. The molecule has 3 heterocycles. The van der Waals surface area contributed by atoms with E-state index in [2.05, 4.69) is 0 Å². The molecule has 3 aromatic rings. The van der Waals surface area contributed by atoms with E-state index in [4.69, 9.17) is 9.47 Å². The maximum Gasteiger partial charge on any atom is 0.264 e. The molecule has 1 unspecified atom stereocenters. The molecular formula is C23H19NO5S. The largest absolute Gasteiger partial charge is 0.454 e. The van der Waals surface area contributed by atoms with Crippen molar-refractivity contribution < 1.29 is 24.2 Å². The number of hydrogen-bond donors (Lipinski definition) is 1. The number of amides is 1. The molecule has 0 aliphatic carbocycles. The third-order valence-electron chi connectivity index (χ3n) is 5.45. The Bertz CT molecular complexity index is 1170. The highest BCUT2D eigenvalue weighted by Gasteiger charge is 2.50. The fraction of sp³-hybridized carbons (Fsp3) is 0.217. The summed E-state index contributed by atoms with van der Waals surface area (Å²) in [7, 11) is 0. The van der Waals surface area contributed by atoms with Crippen molar-refractivity contribution >= 4 is 28.7 Å². The number of hydrogen-bond acceptors (Lipinski definition) is 6. The second kappa shape index (κ2) is 6.97. The predicted molar refractivity (Wildman–Crippen MR) is 112 cm³/mol. The Morgan fingerprint density at radius 3 is 2.73 bits per heavy atom. The molecule has 152 valence electrons. The van der Waals surface area contributed by atoms with Crippen LogP contribution >= 0.6 is 11.3 Å². The molecule has 0 fully saturated rings. The first-order valence-electron chi connectivity index (χ1n) is 9.58. The molecule has 0 saturated heterocycles. The summed E-state index contributed by atoms with van der Waals surface area (Å²) in [5, 5.41) is 11.4. The van der Waals surface area contributed by atoms with E-state index in [1.807, 2.05) is 31.2 Å². The van der Waals surface area contributed by atoms with E-state index in [-0.39, 0.29) is 25.5 Å². The number of carbonyl (C=O) groups is 2.